The number of anilines is 1. The van der Waals surface area contributed by atoms with Crippen molar-refractivity contribution in [3.05, 3.63) is 18.0 Å². The van der Waals surface area contributed by atoms with Crippen LogP contribution in [-0.4, -0.2) is 36.1 Å². The van der Waals surface area contributed by atoms with Gasteiger partial charge in [0.2, 0.25) is 5.95 Å². The van der Waals surface area contributed by atoms with E-state index in [4.69, 9.17) is 0 Å². The highest BCUT2D eigenvalue weighted by atomic mass is 16.5. The van der Waals surface area contributed by atoms with E-state index in [9.17, 15) is 4.79 Å². The number of aromatic nitrogens is 2. The molecule has 1 rings (SSSR count). The average molecular weight is 223 g/mol. The third-order valence-corrected chi connectivity index (χ3v) is 2.09. The molecule has 0 atom stereocenters. The van der Waals surface area contributed by atoms with Crippen molar-refractivity contribution in [3.63, 3.8) is 0 Å². The molecule has 88 valence electrons. The number of aryl methyl sites for hydroxylation is 1. The summed E-state index contributed by atoms with van der Waals surface area (Å²) in [6, 6.07) is 0. The Kier molecular flexibility index (Phi) is 4.69. The topological polar surface area (TPSA) is 55.3 Å². The number of carbonyl (C=O) groups is 1. The molecule has 1 heterocycles. The van der Waals surface area contributed by atoms with Crippen LogP contribution in [0.25, 0.3) is 0 Å². The second kappa shape index (κ2) is 6.05. The number of hydrogen-bond donors (Lipinski definition) is 0. The van der Waals surface area contributed by atoms with E-state index in [2.05, 4.69) is 14.7 Å². The first-order chi connectivity index (χ1) is 7.67. The fourth-order valence-corrected chi connectivity index (χ4v) is 1.29. The van der Waals surface area contributed by atoms with Crippen molar-refractivity contribution in [2.45, 2.75) is 20.3 Å². The summed E-state index contributed by atoms with van der Waals surface area (Å²) >= 11 is 0. The largest absolute Gasteiger partial charge is 0.468 e. The van der Waals surface area contributed by atoms with Crippen LogP contribution in [-0.2, 0) is 9.53 Å². The minimum Gasteiger partial charge on any atom is -0.468 e. The van der Waals surface area contributed by atoms with Gasteiger partial charge in [-0.05, 0) is 18.9 Å². The van der Waals surface area contributed by atoms with Crippen molar-refractivity contribution in [1.82, 2.24) is 9.97 Å². The van der Waals surface area contributed by atoms with Crippen LogP contribution in [0.15, 0.2) is 12.4 Å². The predicted molar refractivity (Wildman–Crippen MR) is 61.3 cm³/mol. The van der Waals surface area contributed by atoms with Crippen LogP contribution in [0.3, 0.4) is 0 Å². The minimum atomic E-state index is -0.280. The van der Waals surface area contributed by atoms with Gasteiger partial charge < -0.3 is 9.64 Å². The molecule has 1 aromatic rings. The van der Waals surface area contributed by atoms with Gasteiger partial charge >= 0.3 is 5.97 Å². The van der Waals surface area contributed by atoms with Crippen molar-refractivity contribution in [2.75, 3.05) is 25.1 Å². The zero-order valence-corrected chi connectivity index (χ0v) is 9.93. The molecule has 0 fully saturated rings. The molecular weight excluding hydrogens is 206 g/mol. The number of carbonyl (C=O) groups excluding carboxylic acids is 1. The Labute approximate surface area is 95.5 Å². The summed E-state index contributed by atoms with van der Waals surface area (Å²) in [6.07, 6.45) is 4.40. The van der Waals surface area contributed by atoms with Gasteiger partial charge in [0.25, 0.3) is 0 Å². The Morgan fingerprint density at radius 2 is 2.06 bits per heavy atom. The van der Waals surface area contributed by atoms with Crippen LogP contribution < -0.4 is 4.90 Å². The Bertz CT molecular complexity index is 338. The Hall–Kier alpha value is -1.65. The van der Waals surface area contributed by atoms with Crippen molar-refractivity contribution in [1.29, 1.82) is 0 Å². The first kappa shape index (κ1) is 12.4. The van der Waals surface area contributed by atoms with Crippen LogP contribution in [0.4, 0.5) is 5.95 Å². The van der Waals surface area contributed by atoms with Gasteiger partial charge in [-0.2, -0.15) is 0 Å². The van der Waals surface area contributed by atoms with Crippen LogP contribution in [0.5, 0.6) is 0 Å². The predicted octanol–water partition coefficient (Wildman–Crippen LogP) is 1.17. The molecule has 0 aliphatic carbocycles. The highest BCUT2D eigenvalue weighted by Crippen LogP contribution is 2.07. The number of methoxy groups -OCH3 is 1. The van der Waals surface area contributed by atoms with E-state index in [1.165, 1.54) is 7.11 Å². The van der Waals surface area contributed by atoms with Gasteiger partial charge in [0.05, 0.1) is 7.11 Å². The molecule has 0 aliphatic heterocycles. The van der Waals surface area contributed by atoms with Gasteiger partial charge in [-0.3, -0.25) is 4.79 Å². The summed E-state index contributed by atoms with van der Waals surface area (Å²) in [4.78, 5) is 21.4. The highest BCUT2D eigenvalue weighted by Gasteiger charge is 2.12. The quantitative estimate of drug-likeness (QED) is 0.701. The molecule has 0 amide bonds. The van der Waals surface area contributed by atoms with Gasteiger partial charge in [-0.25, -0.2) is 9.97 Å². The van der Waals surface area contributed by atoms with Crippen molar-refractivity contribution < 1.29 is 9.53 Å². The van der Waals surface area contributed by atoms with Crippen molar-refractivity contribution >= 4 is 11.9 Å². The SMILES string of the molecule is CCCN(CC(=O)OC)c1ncc(C)cn1. The lowest BCUT2D eigenvalue weighted by atomic mass is 10.4. The molecule has 0 saturated carbocycles. The fourth-order valence-electron chi connectivity index (χ4n) is 1.29. The van der Waals surface area contributed by atoms with Crippen LogP contribution >= 0.6 is 0 Å². The maximum absolute atomic E-state index is 11.2. The van der Waals surface area contributed by atoms with E-state index in [1.807, 2.05) is 18.7 Å². The van der Waals surface area contributed by atoms with Crippen molar-refractivity contribution in [2.24, 2.45) is 0 Å². The molecule has 5 heteroatoms. The number of ether oxygens (including phenoxy) is 1. The smallest absolute Gasteiger partial charge is 0.325 e. The molecule has 1 aromatic heterocycles. The molecule has 0 bridgehead atoms. The number of esters is 1. The molecule has 5 nitrogen and oxygen atoms in total. The summed E-state index contributed by atoms with van der Waals surface area (Å²) in [5.41, 5.74) is 0.998. The van der Waals surface area contributed by atoms with Gasteiger partial charge in [-0.1, -0.05) is 6.92 Å². The molecule has 0 aliphatic rings. The van der Waals surface area contributed by atoms with Gasteiger partial charge in [0.15, 0.2) is 0 Å². The van der Waals surface area contributed by atoms with E-state index in [-0.39, 0.29) is 12.5 Å². The second-order valence-corrected chi connectivity index (χ2v) is 3.56. The van der Waals surface area contributed by atoms with Crippen LogP contribution in [0.1, 0.15) is 18.9 Å². The van der Waals surface area contributed by atoms with Gasteiger partial charge in [0, 0.05) is 18.9 Å². The highest BCUT2D eigenvalue weighted by molar-refractivity contribution is 5.74. The Morgan fingerprint density at radius 3 is 2.56 bits per heavy atom. The number of hydrogen-bond acceptors (Lipinski definition) is 5. The molecule has 0 unspecified atom stereocenters. The average Bonchev–Trinajstić information content (AvgIpc) is 2.29. The van der Waals surface area contributed by atoms with Crippen LogP contribution in [0, 0.1) is 6.92 Å². The summed E-state index contributed by atoms with van der Waals surface area (Å²) in [5, 5.41) is 0. The third-order valence-electron chi connectivity index (χ3n) is 2.09. The number of nitrogens with zero attached hydrogens (tertiary/aromatic N) is 3. The molecule has 16 heavy (non-hydrogen) atoms. The number of rotatable bonds is 5. The zero-order chi connectivity index (χ0) is 12.0. The first-order valence-corrected chi connectivity index (χ1v) is 5.27. The molecule has 0 radical (unpaired) electrons. The Morgan fingerprint density at radius 1 is 1.44 bits per heavy atom. The second-order valence-electron chi connectivity index (χ2n) is 3.56. The van der Waals surface area contributed by atoms with E-state index in [0.29, 0.717) is 5.95 Å². The van der Waals surface area contributed by atoms with E-state index in [1.54, 1.807) is 12.4 Å². The van der Waals surface area contributed by atoms with E-state index >= 15 is 0 Å². The lowest BCUT2D eigenvalue weighted by Crippen LogP contribution is -2.32. The standard InChI is InChI=1S/C11H17N3O2/c1-4-5-14(8-10(15)16-3)11-12-6-9(2)7-13-11/h6-7H,4-5,8H2,1-3H3. The molecular formula is C11H17N3O2. The first-order valence-electron chi connectivity index (χ1n) is 5.27. The molecule has 0 spiro atoms. The van der Waals surface area contributed by atoms with Crippen LogP contribution in [0.2, 0.25) is 0 Å². The maximum Gasteiger partial charge on any atom is 0.325 e. The lowest BCUT2D eigenvalue weighted by Gasteiger charge is -2.20. The van der Waals surface area contributed by atoms with E-state index in [0.717, 1.165) is 18.5 Å². The van der Waals surface area contributed by atoms with E-state index < -0.39 is 0 Å². The molecule has 0 aromatic carbocycles. The summed E-state index contributed by atoms with van der Waals surface area (Å²) in [5.74, 6) is 0.287. The normalized spacial score (nSPS) is 9.94. The maximum atomic E-state index is 11.2. The zero-order valence-electron chi connectivity index (χ0n) is 9.93. The lowest BCUT2D eigenvalue weighted by molar-refractivity contribution is -0.138. The minimum absolute atomic E-state index is 0.188. The summed E-state index contributed by atoms with van der Waals surface area (Å²) in [6.45, 7) is 4.89. The third kappa shape index (κ3) is 3.49. The molecule has 0 N–H and O–H groups in total. The van der Waals surface area contributed by atoms with Gasteiger partial charge in [0.1, 0.15) is 6.54 Å². The molecule has 0 saturated heterocycles. The van der Waals surface area contributed by atoms with Gasteiger partial charge in [-0.15, -0.1) is 0 Å². The Balaban J connectivity index is 2.76. The van der Waals surface area contributed by atoms with Crippen molar-refractivity contribution in [3.8, 4) is 0 Å². The fraction of sp³-hybridized carbons (Fsp3) is 0.545. The monoisotopic (exact) mass is 223 g/mol. The summed E-state index contributed by atoms with van der Waals surface area (Å²) in [7, 11) is 1.38. The summed E-state index contributed by atoms with van der Waals surface area (Å²) < 4.78 is 4.64.